The predicted molar refractivity (Wildman–Crippen MR) is 140 cm³/mol. The van der Waals surface area contributed by atoms with Crippen molar-refractivity contribution in [1.29, 1.82) is 0 Å². The van der Waals surface area contributed by atoms with Crippen molar-refractivity contribution in [3.05, 3.63) is 48.4 Å². The molecule has 7 heteroatoms. The molecule has 0 aliphatic carbocycles. The summed E-state index contributed by atoms with van der Waals surface area (Å²) in [6.45, 7) is 13.3. The van der Waals surface area contributed by atoms with Crippen LogP contribution < -0.4 is 5.46 Å². The Morgan fingerprint density at radius 1 is 1.11 bits per heavy atom. The molecule has 6 nitrogen and oxygen atoms in total. The van der Waals surface area contributed by atoms with Crippen LogP contribution in [0.2, 0.25) is 0 Å². The van der Waals surface area contributed by atoms with Crippen LogP contribution in [-0.2, 0) is 14.1 Å². The predicted octanol–water partition coefficient (Wildman–Crippen LogP) is 5.24. The van der Waals surface area contributed by atoms with E-state index in [9.17, 15) is 4.79 Å². The molecule has 3 aromatic rings. The number of nitrogens with one attached hydrogen (secondary N) is 1. The number of hydrogen-bond acceptors (Lipinski definition) is 4. The Hall–Kier alpha value is -2.64. The molecule has 0 unspecified atom stereocenters. The number of hydrogen-bond donors (Lipinski definition) is 1. The Labute approximate surface area is 208 Å². The van der Waals surface area contributed by atoms with Crippen LogP contribution in [0.4, 0.5) is 0 Å². The maximum absolute atomic E-state index is 12.7. The highest BCUT2D eigenvalue weighted by Gasteiger charge is 2.51. The van der Waals surface area contributed by atoms with Crippen molar-refractivity contribution in [2.45, 2.75) is 78.0 Å². The van der Waals surface area contributed by atoms with Crippen LogP contribution in [-0.4, -0.2) is 45.6 Å². The van der Waals surface area contributed by atoms with Crippen molar-refractivity contribution < 1.29 is 14.1 Å². The van der Waals surface area contributed by atoms with E-state index in [1.165, 1.54) is 0 Å². The summed E-state index contributed by atoms with van der Waals surface area (Å²) < 4.78 is 12.5. The number of likely N-dealkylation sites (tertiary alicyclic amines) is 1. The van der Waals surface area contributed by atoms with Gasteiger partial charge in [-0.1, -0.05) is 44.2 Å². The van der Waals surface area contributed by atoms with Crippen molar-refractivity contribution in [2.24, 2.45) is 5.92 Å². The highest BCUT2D eigenvalue weighted by molar-refractivity contribution is 6.62. The quantitative estimate of drug-likeness (QED) is 0.515. The molecule has 35 heavy (non-hydrogen) atoms. The summed E-state index contributed by atoms with van der Waals surface area (Å²) >= 11 is 0. The second-order valence-corrected chi connectivity index (χ2v) is 11.4. The molecule has 0 saturated carbocycles. The first-order valence-electron chi connectivity index (χ1n) is 12.8. The monoisotopic (exact) mass is 473 g/mol. The molecular weight excluding hydrogens is 437 g/mol. The molecule has 1 atom stereocenters. The molecule has 0 spiro atoms. The second kappa shape index (κ2) is 8.79. The van der Waals surface area contributed by atoms with Gasteiger partial charge in [0.2, 0.25) is 5.91 Å². The molecule has 2 fully saturated rings. The Kier molecular flexibility index (Phi) is 6.05. The van der Waals surface area contributed by atoms with Crippen LogP contribution >= 0.6 is 0 Å². The number of rotatable bonds is 5. The van der Waals surface area contributed by atoms with Gasteiger partial charge in [-0.05, 0) is 68.8 Å². The van der Waals surface area contributed by atoms with Crippen molar-refractivity contribution >= 4 is 29.3 Å². The minimum Gasteiger partial charge on any atom is -0.399 e. The van der Waals surface area contributed by atoms with Crippen LogP contribution in [0.1, 0.15) is 72.7 Å². The van der Waals surface area contributed by atoms with E-state index in [0.29, 0.717) is 12.3 Å². The Bertz CT molecular complexity index is 1230. The molecule has 2 saturated heterocycles. The smallest absolute Gasteiger partial charge is 0.399 e. The number of imidazole rings is 1. The van der Waals surface area contributed by atoms with Crippen LogP contribution in [0.25, 0.3) is 22.0 Å². The molecule has 5 rings (SSSR count). The fourth-order valence-electron chi connectivity index (χ4n) is 5.03. The summed E-state index contributed by atoms with van der Waals surface area (Å²) in [6.07, 6.45) is 4.45. The average Bonchev–Trinajstić information content (AvgIpc) is 3.50. The minimum atomic E-state index is -0.369. The van der Waals surface area contributed by atoms with Gasteiger partial charge in [0.1, 0.15) is 5.82 Å². The SMILES string of the molecule is CC(C)CC(=O)N1CCC[C@H]1c1ncc(-c2ccc3cc(B4OC(C)(C)C(C)(C)O4)ccc3c2)[nH]1. The number of carbonyl (C=O) groups excluding carboxylic acids is 1. The zero-order chi connectivity index (χ0) is 25.0. The lowest BCUT2D eigenvalue weighted by atomic mass is 9.78. The second-order valence-electron chi connectivity index (χ2n) is 11.4. The van der Waals surface area contributed by atoms with Gasteiger partial charge in [-0.2, -0.15) is 0 Å². The Balaban J connectivity index is 1.36. The topological polar surface area (TPSA) is 67.5 Å². The molecule has 2 aliphatic rings. The lowest BCUT2D eigenvalue weighted by Crippen LogP contribution is -2.41. The lowest BCUT2D eigenvalue weighted by molar-refractivity contribution is -0.133. The van der Waals surface area contributed by atoms with Crippen molar-refractivity contribution in [3.63, 3.8) is 0 Å². The maximum atomic E-state index is 12.7. The fraction of sp³-hybridized carbons (Fsp3) is 0.500. The van der Waals surface area contributed by atoms with E-state index in [1.807, 2.05) is 11.1 Å². The molecule has 0 bridgehead atoms. The first-order valence-corrected chi connectivity index (χ1v) is 12.8. The Morgan fingerprint density at radius 2 is 1.80 bits per heavy atom. The van der Waals surface area contributed by atoms with Gasteiger partial charge in [-0.15, -0.1) is 0 Å². The molecule has 3 heterocycles. The Morgan fingerprint density at radius 3 is 2.51 bits per heavy atom. The molecule has 1 N–H and O–H groups in total. The lowest BCUT2D eigenvalue weighted by Gasteiger charge is -2.32. The molecule has 1 aromatic heterocycles. The van der Waals surface area contributed by atoms with Crippen LogP contribution in [0, 0.1) is 5.92 Å². The first kappa shape index (κ1) is 24.1. The summed E-state index contributed by atoms with van der Waals surface area (Å²) in [5, 5.41) is 2.29. The zero-order valence-electron chi connectivity index (χ0n) is 21.7. The number of aromatic amines is 1. The average molecular weight is 473 g/mol. The summed E-state index contributed by atoms with van der Waals surface area (Å²) in [6, 6.07) is 12.8. The third-order valence-electron chi connectivity index (χ3n) is 7.77. The van der Waals surface area contributed by atoms with Gasteiger partial charge in [-0.3, -0.25) is 4.79 Å². The van der Waals surface area contributed by atoms with Gasteiger partial charge in [0.25, 0.3) is 0 Å². The van der Waals surface area contributed by atoms with Crippen molar-refractivity contribution in [1.82, 2.24) is 14.9 Å². The summed E-state index contributed by atoms with van der Waals surface area (Å²) in [5.41, 5.74) is 2.37. The molecule has 2 aromatic carbocycles. The van der Waals surface area contributed by atoms with E-state index in [1.54, 1.807) is 0 Å². The molecule has 184 valence electrons. The molecule has 1 amide bonds. The minimum absolute atomic E-state index is 0.0397. The fourth-order valence-corrected chi connectivity index (χ4v) is 5.03. The van der Waals surface area contributed by atoms with Crippen molar-refractivity contribution in [2.75, 3.05) is 6.54 Å². The third-order valence-corrected chi connectivity index (χ3v) is 7.77. The van der Waals surface area contributed by atoms with E-state index < -0.39 is 0 Å². The van der Waals surface area contributed by atoms with Crippen LogP contribution in [0.3, 0.4) is 0 Å². The van der Waals surface area contributed by atoms with E-state index in [4.69, 9.17) is 9.31 Å². The summed E-state index contributed by atoms with van der Waals surface area (Å²) in [7, 11) is -0.369. The number of H-pyrrole nitrogens is 1. The zero-order valence-corrected chi connectivity index (χ0v) is 21.7. The summed E-state index contributed by atoms with van der Waals surface area (Å²) in [5.74, 6) is 1.47. The number of aromatic nitrogens is 2. The van der Waals surface area contributed by atoms with Crippen molar-refractivity contribution in [3.8, 4) is 11.3 Å². The summed E-state index contributed by atoms with van der Waals surface area (Å²) in [4.78, 5) is 22.9. The van der Waals surface area contributed by atoms with Gasteiger partial charge < -0.3 is 19.2 Å². The number of amides is 1. The number of benzene rings is 2. The van der Waals surface area contributed by atoms with E-state index >= 15 is 0 Å². The van der Waals surface area contributed by atoms with Gasteiger partial charge >= 0.3 is 7.12 Å². The standard InChI is InChI=1S/C28H36BN3O3/c1-18(2)14-25(33)32-13-7-8-24(32)26-30-17-23(31-26)21-10-9-20-16-22(12-11-19(20)15-21)29-34-27(3,4)28(5,6)35-29/h9-12,15-18,24H,7-8,13-14H2,1-6H3,(H,30,31)/t24-/m0/s1. The van der Waals surface area contributed by atoms with Gasteiger partial charge in [0.15, 0.2) is 0 Å². The molecule has 2 aliphatic heterocycles. The van der Waals surface area contributed by atoms with E-state index in [2.05, 4.69) is 87.9 Å². The maximum Gasteiger partial charge on any atom is 0.494 e. The first-order chi connectivity index (χ1) is 16.5. The number of carbonyl (C=O) groups is 1. The highest BCUT2D eigenvalue weighted by Crippen LogP contribution is 2.37. The van der Waals surface area contributed by atoms with Crippen LogP contribution in [0.5, 0.6) is 0 Å². The van der Waals surface area contributed by atoms with Gasteiger partial charge in [0, 0.05) is 18.5 Å². The number of nitrogens with zero attached hydrogens (tertiary/aromatic N) is 2. The van der Waals surface area contributed by atoms with Gasteiger partial charge in [-0.25, -0.2) is 4.98 Å². The normalized spacial score (nSPS) is 21.4. The largest absolute Gasteiger partial charge is 0.494 e. The van der Waals surface area contributed by atoms with E-state index in [-0.39, 0.29) is 30.3 Å². The molecular formula is C28H36BN3O3. The molecule has 0 radical (unpaired) electrons. The number of fused-ring (bicyclic) bond motifs is 1. The van der Waals surface area contributed by atoms with Crippen LogP contribution in [0.15, 0.2) is 42.6 Å². The van der Waals surface area contributed by atoms with E-state index in [0.717, 1.165) is 52.7 Å². The van der Waals surface area contributed by atoms with Gasteiger partial charge in [0.05, 0.1) is 29.1 Å². The third kappa shape index (κ3) is 4.52. The highest BCUT2D eigenvalue weighted by atomic mass is 16.7.